The van der Waals surface area contributed by atoms with Gasteiger partial charge in [-0.2, -0.15) is 0 Å². The number of likely N-dealkylation sites (tertiary alicyclic amines) is 1. The van der Waals surface area contributed by atoms with Gasteiger partial charge in [0, 0.05) is 7.05 Å². The van der Waals surface area contributed by atoms with Crippen LogP contribution in [0.1, 0.15) is 0 Å². The predicted octanol–water partition coefficient (Wildman–Crippen LogP) is -1.61. The molecular formula is C7H7NO3. The first kappa shape index (κ1) is 7.76. The number of aliphatic hydroxyl groups is 1. The molecule has 0 aromatic rings. The molecule has 11 heavy (non-hydrogen) atoms. The summed E-state index contributed by atoms with van der Waals surface area (Å²) in [5.74, 6) is 0.249. The van der Waals surface area contributed by atoms with Crippen LogP contribution in [0.2, 0.25) is 0 Å². The summed E-state index contributed by atoms with van der Waals surface area (Å²) >= 11 is 0. The van der Waals surface area contributed by atoms with Gasteiger partial charge in [0.25, 0.3) is 11.7 Å². The Labute approximate surface area is 63.8 Å². The van der Waals surface area contributed by atoms with Gasteiger partial charge in [0.15, 0.2) is 0 Å². The van der Waals surface area contributed by atoms with Gasteiger partial charge in [-0.25, -0.2) is 0 Å². The summed E-state index contributed by atoms with van der Waals surface area (Å²) in [6.07, 6.45) is 4.88. The Morgan fingerprint density at radius 3 is 2.45 bits per heavy atom. The maximum absolute atomic E-state index is 10.9. The van der Waals surface area contributed by atoms with Crippen molar-refractivity contribution in [3.05, 3.63) is 0 Å². The van der Waals surface area contributed by atoms with E-state index < -0.39 is 17.3 Å². The number of amides is 1. The Kier molecular flexibility index (Phi) is 1.46. The van der Waals surface area contributed by atoms with Crippen LogP contribution in [0.15, 0.2) is 0 Å². The zero-order chi connectivity index (χ0) is 8.65. The second-order valence-corrected chi connectivity index (χ2v) is 2.49. The number of β-amino-alcohol motifs (C(OH)–C–C–N with tert-alkyl or cyclic N) is 1. The quantitative estimate of drug-likeness (QED) is 0.336. The molecule has 1 saturated heterocycles. The average Bonchev–Trinajstić information content (AvgIpc) is 2.17. The van der Waals surface area contributed by atoms with Crippen molar-refractivity contribution in [2.24, 2.45) is 0 Å². The minimum absolute atomic E-state index is 0.110. The SMILES string of the molecule is C#CC1(O)CN(C)C(=O)C1=O. The molecule has 1 atom stereocenters. The first-order valence-corrected chi connectivity index (χ1v) is 3.01. The Balaban J connectivity index is 3.03. The molecular weight excluding hydrogens is 146 g/mol. The van der Waals surface area contributed by atoms with Crippen LogP contribution in [-0.4, -0.2) is 40.9 Å². The number of terminal acetylenes is 1. The third-order valence-electron chi connectivity index (χ3n) is 1.62. The number of rotatable bonds is 0. The summed E-state index contributed by atoms with van der Waals surface area (Å²) in [7, 11) is 1.41. The van der Waals surface area contributed by atoms with Crippen molar-refractivity contribution >= 4 is 11.7 Å². The van der Waals surface area contributed by atoms with E-state index in [2.05, 4.69) is 0 Å². The van der Waals surface area contributed by atoms with Gasteiger partial charge >= 0.3 is 0 Å². The minimum atomic E-state index is -1.90. The number of hydrogen-bond donors (Lipinski definition) is 1. The fourth-order valence-corrected chi connectivity index (χ4v) is 0.948. The molecule has 0 spiro atoms. The van der Waals surface area contributed by atoms with Crippen molar-refractivity contribution in [1.29, 1.82) is 0 Å². The highest BCUT2D eigenvalue weighted by molar-refractivity contribution is 6.42. The molecule has 0 radical (unpaired) electrons. The number of nitrogens with zero attached hydrogens (tertiary/aromatic N) is 1. The molecule has 1 fully saturated rings. The number of likely N-dealkylation sites (N-methyl/N-ethyl adjacent to an activating group) is 1. The predicted molar refractivity (Wildman–Crippen MR) is 36.4 cm³/mol. The fraction of sp³-hybridized carbons (Fsp3) is 0.429. The van der Waals surface area contributed by atoms with Crippen LogP contribution in [0.4, 0.5) is 0 Å². The number of carbonyl (C=O) groups excluding carboxylic acids is 2. The number of Topliss-reactive ketones (excluding diaryl/α,β-unsaturated/α-hetero) is 1. The Hall–Kier alpha value is -1.34. The standard InChI is InChI=1S/C7H7NO3/c1-3-7(11)4-8(2)6(10)5(7)9/h1,11H,4H2,2H3. The second-order valence-electron chi connectivity index (χ2n) is 2.49. The van der Waals surface area contributed by atoms with Crippen LogP contribution in [-0.2, 0) is 9.59 Å². The highest BCUT2D eigenvalue weighted by Gasteiger charge is 2.48. The van der Waals surface area contributed by atoms with E-state index in [1.165, 1.54) is 7.05 Å². The monoisotopic (exact) mass is 153 g/mol. The molecule has 1 N–H and O–H groups in total. The molecule has 1 unspecified atom stereocenters. The lowest BCUT2D eigenvalue weighted by atomic mass is 10.0. The van der Waals surface area contributed by atoms with Gasteiger partial charge in [-0.05, 0) is 0 Å². The number of carbonyl (C=O) groups is 2. The molecule has 1 amide bonds. The molecule has 1 heterocycles. The van der Waals surface area contributed by atoms with Crippen LogP contribution in [0, 0.1) is 12.3 Å². The molecule has 58 valence electrons. The van der Waals surface area contributed by atoms with Crippen LogP contribution < -0.4 is 0 Å². The molecule has 0 aliphatic carbocycles. The summed E-state index contributed by atoms with van der Waals surface area (Å²) in [5, 5.41) is 9.26. The summed E-state index contributed by atoms with van der Waals surface area (Å²) < 4.78 is 0. The maximum Gasteiger partial charge on any atom is 0.294 e. The Morgan fingerprint density at radius 1 is 1.73 bits per heavy atom. The molecule has 0 aromatic carbocycles. The van der Waals surface area contributed by atoms with Gasteiger partial charge in [-0.15, -0.1) is 6.42 Å². The van der Waals surface area contributed by atoms with E-state index in [9.17, 15) is 14.7 Å². The lowest BCUT2D eigenvalue weighted by Crippen LogP contribution is -2.36. The molecule has 4 heteroatoms. The molecule has 0 aromatic heterocycles. The molecule has 0 bridgehead atoms. The van der Waals surface area contributed by atoms with Crippen molar-refractivity contribution in [2.75, 3.05) is 13.6 Å². The topological polar surface area (TPSA) is 57.6 Å². The third-order valence-corrected chi connectivity index (χ3v) is 1.62. The summed E-state index contributed by atoms with van der Waals surface area (Å²) in [6.45, 7) is -0.110. The molecule has 4 nitrogen and oxygen atoms in total. The zero-order valence-corrected chi connectivity index (χ0v) is 6.00. The van der Waals surface area contributed by atoms with Crippen LogP contribution in [0.5, 0.6) is 0 Å². The van der Waals surface area contributed by atoms with Crippen LogP contribution in [0.3, 0.4) is 0 Å². The van der Waals surface area contributed by atoms with Gasteiger partial charge < -0.3 is 10.0 Å². The molecule has 1 aliphatic heterocycles. The summed E-state index contributed by atoms with van der Waals surface area (Å²) in [6, 6.07) is 0. The fourth-order valence-electron chi connectivity index (χ4n) is 0.948. The number of hydrogen-bond acceptors (Lipinski definition) is 3. The van der Waals surface area contributed by atoms with E-state index in [-0.39, 0.29) is 6.54 Å². The van der Waals surface area contributed by atoms with Crippen molar-refractivity contribution in [2.45, 2.75) is 5.60 Å². The van der Waals surface area contributed by atoms with Gasteiger partial charge in [0.05, 0.1) is 6.54 Å². The van der Waals surface area contributed by atoms with Crippen molar-refractivity contribution in [3.8, 4) is 12.3 Å². The first-order chi connectivity index (χ1) is 5.01. The summed E-state index contributed by atoms with van der Waals surface area (Å²) in [5.41, 5.74) is -1.90. The van der Waals surface area contributed by atoms with Crippen LogP contribution in [0.25, 0.3) is 0 Å². The second kappa shape index (κ2) is 2.07. The van der Waals surface area contributed by atoms with E-state index in [0.717, 1.165) is 4.90 Å². The van der Waals surface area contributed by atoms with Gasteiger partial charge in [-0.1, -0.05) is 5.92 Å². The van der Waals surface area contributed by atoms with E-state index in [0.29, 0.717) is 0 Å². The van der Waals surface area contributed by atoms with Crippen LogP contribution >= 0.6 is 0 Å². The van der Waals surface area contributed by atoms with Gasteiger partial charge in [0.1, 0.15) is 0 Å². The molecule has 0 saturated carbocycles. The minimum Gasteiger partial charge on any atom is -0.369 e. The first-order valence-electron chi connectivity index (χ1n) is 3.01. The zero-order valence-electron chi connectivity index (χ0n) is 6.00. The summed E-state index contributed by atoms with van der Waals surface area (Å²) in [4.78, 5) is 22.8. The average molecular weight is 153 g/mol. The Morgan fingerprint density at radius 2 is 2.27 bits per heavy atom. The largest absolute Gasteiger partial charge is 0.369 e. The van der Waals surface area contributed by atoms with E-state index in [4.69, 9.17) is 6.42 Å². The Bertz CT molecular complexity index is 265. The highest BCUT2D eigenvalue weighted by Crippen LogP contribution is 2.15. The van der Waals surface area contributed by atoms with Crippen molar-refractivity contribution in [3.63, 3.8) is 0 Å². The van der Waals surface area contributed by atoms with Crippen molar-refractivity contribution < 1.29 is 14.7 Å². The lowest BCUT2D eigenvalue weighted by Gasteiger charge is -2.10. The lowest BCUT2D eigenvalue weighted by molar-refractivity contribution is -0.142. The molecule has 1 rings (SSSR count). The van der Waals surface area contributed by atoms with E-state index >= 15 is 0 Å². The van der Waals surface area contributed by atoms with Gasteiger partial charge in [-0.3, -0.25) is 9.59 Å². The number of ketones is 1. The maximum atomic E-state index is 10.9. The smallest absolute Gasteiger partial charge is 0.294 e. The highest BCUT2D eigenvalue weighted by atomic mass is 16.3. The molecule has 1 aliphatic rings. The van der Waals surface area contributed by atoms with Gasteiger partial charge in [0.2, 0.25) is 5.60 Å². The normalized spacial score (nSPS) is 30.8. The third kappa shape index (κ3) is 0.900. The van der Waals surface area contributed by atoms with Crippen molar-refractivity contribution in [1.82, 2.24) is 4.90 Å². The van der Waals surface area contributed by atoms with E-state index in [1.54, 1.807) is 0 Å². The van der Waals surface area contributed by atoms with E-state index in [1.807, 2.05) is 5.92 Å².